The molecular formula is C15H22O3S. The number of aryl methyl sites for hydroxylation is 3. The number of ketones is 1. The van der Waals surface area contributed by atoms with Gasteiger partial charge in [-0.05, 0) is 56.9 Å². The molecular weight excluding hydrogens is 260 g/mol. The van der Waals surface area contributed by atoms with Crippen LogP contribution >= 0.6 is 0 Å². The van der Waals surface area contributed by atoms with Gasteiger partial charge in [0, 0.05) is 5.56 Å². The molecule has 0 aliphatic rings. The van der Waals surface area contributed by atoms with Gasteiger partial charge in [0.05, 0.1) is 5.25 Å². The molecule has 1 aromatic carbocycles. The van der Waals surface area contributed by atoms with Crippen molar-refractivity contribution < 1.29 is 13.2 Å². The fourth-order valence-corrected chi connectivity index (χ4v) is 3.23. The highest BCUT2D eigenvalue weighted by atomic mass is 32.2. The third-order valence-electron chi connectivity index (χ3n) is 3.66. The fraction of sp³-hybridized carbons (Fsp3) is 0.533. The van der Waals surface area contributed by atoms with Crippen molar-refractivity contribution in [2.24, 2.45) is 0 Å². The van der Waals surface area contributed by atoms with Gasteiger partial charge in [-0.1, -0.05) is 13.0 Å². The van der Waals surface area contributed by atoms with Crippen LogP contribution in [0.4, 0.5) is 0 Å². The van der Waals surface area contributed by atoms with Crippen LogP contribution in [-0.2, 0) is 9.84 Å². The lowest BCUT2D eigenvalue weighted by atomic mass is 9.99. The number of hydrogen-bond acceptors (Lipinski definition) is 3. The van der Waals surface area contributed by atoms with Crippen LogP contribution in [0.3, 0.4) is 0 Å². The standard InChI is InChI=1S/C15H22O3S/c1-6-13(5)19(17,18)9-15(16)14-8-11(3)10(2)7-12(14)4/h7-8,13H,6,9H2,1-5H3. The summed E-state index contributed by atoms with van der Waals surface area (Å²) in [7, 11) is -3.35. The Bertz CT molecular complexity index is 586. The Morgan fingerprint density at radius 1 is 1.11 bits per heavy atom. The van der Waals surface area contributed by atoms with E-state index in [1.807, 2.05) is 33.8 Å². The number of benzene rings is 1. The maximum atomic E-state index is 12.2. The Labute approximate surface area is 116 Å². The van der Waals surface area contributed by atoms with Crippen LogP contribution in [0.25, 0.3) is 0 Å². The molecule has 0 amide bonds. The third kappa shape index (κ3) is 3.66. The first-order valence-corrected chi connectivity index (χ1v) is 8.23. The van der Waals surface area contributed by atoms with Gasteiger partial charge in [-0.25, -0.2) is 8.42 Å². The highest BCUT2D eigenvalue weighted by Gasteiger charge is 2.24. The highest BCUT2D eigenvalue weighted by molar-refractivity contribution is 7.92. The van der Waals surface area contributed by atoms with E-state index in [-0.39, 0.29) is 5.78 Å². The molecule has 1 aromatic rings. The minimum Gasteiger partial charge on any atom is -0.293 e. The van der Waals surface area contributed by atoms with Crippen molar-refractivity contribution >= 4 is 15.6 Å². The lowest BCUT2D eigenvalue weighted by molar-refractivity contribution is 0.102. The molecule has 0 spiro atoms. The molecule has 0 heterocycles. The molecule has 0 saturated heterocycles. The summed E-state index contributed by atoms with van der Waals surface area (Å²) in [6, 6.07) is 3.72. The number of Topliss-reactive ketones (excluding diaryl/α,β-unsaturated/α-hetero) is 1. The monoisotopic (exact) mass is 282 g/mol. The van der Waals surface area contributed by atoms with Crippen LogP contribution < -0.4 is 0 Å². The first-order chi connectivity index (χ1) is 8.69. The molecule has 0 N–H and O–H groups in total. The summed E-state index contributed by atoms with van der Waals surface area (Å²) in [5.41, 5.74) is 3.48. The fourth-order valence-electron chi connectivity index (χ4n) is 1.92. The molecule has 1 rings (SSSR count). The Hall–Kier alpha value is -1.16. The second-order valence-electron chi connectivity index (χ2n) is 5.20. The second-order valence-corrected chi connectivity index (χ2v) is 7.62. The lowest BCUT2D eigenvalue weighted by Crippen LogP contribution is -2.25. The van der Waals surface area contributed by atoms with Gasteiger partial charge in [-0.3, -0.25) is 4.79 Å². The van der Waals surface area contributed by atoms with Crippen molar-refractivity contribution in [1.29, 1.82) is 0 Å². The van der Waals surface area contributed by atoms with Crippen molar-refractivity contribution in [3.05, 3.63) is 34.4 Å². The summed E-state index contributed by atoms with van der Waals surface area (Å²) in [5, 5.41) is -0.469. The minimum absolute atomic E-state index is 0.305. The van der Waals surface area contributed by atoms with Crippen molar-refractivity contribution in [2.45, 2.75) is 46.3 Å². The van der Waals surface area contributed by atoms with Crippen molar-refractivity contribution in [2.75, 3.05) is 5.75 Å². The van der Waals surface area contributed by atoms with E-state index in [2.05, 4.69) is 0 Å². The molecule has 0 fully saturated rings. The molecule has 1 atom stereocenters. The van der Waals surface area contributed by atoms with Gasteiger partial charge < -0.3 is 0 Å². The summed E-state index contributed by atoms with van der Waals surface area (Å²) in [5.74, 6) is -0.702. The Kier molecular flexibility index (Phi) is 4.91. The molecule has 4 heteroatoms. The Morgan fingerprint density at radius 2 is 1.63 bits per heavy atom. The van der Waals surface area contributed by atoms with Crippen LogP contribution in [0.5, 0.6) is 0 Å². The highest BCUT2D eigenvalue weighted by Crippen LogP contribution is 2.17. The molecule has 0 aromatic heterocycles. The summed E-state index contributed by atoms with van der Waals surface area (Å²) in [6.07, 6.45) is 0.529. The number of rotatable bonds is 5. The van der Waals surface area contributed by atoms with Gasteiger partial charge in [0.15, 0.2) is 15.6 Å². The van der Waals surface area contributed by atoms with Crippen molar-refractivity contribution in [3.63, 3.8) is 0 Å². The van der Waals surface area contributed by atoms with Gasteiger partial charge >= 0.3 is 0 Å². The van der Waals surface area contributed by atoms with Gasteiger partial charge in [-0.15, -0.1) is 0 Å². The lowest BCUT2D eigenvalue weighted by Gasteiger charge is -2.12. The van der Waals surface area contributed by atoms with Crippen LogP contribution in [-0.4, -0.2) is 25.2 Å². The predicted molar refractivity (Wildman–Crippen MR) is 78.5 cm³/mol. The maximum absolute atomic E-state index is 12.2. The summed E-state index contributed by atoms with van der Waals surface area (Å²) in [4.78, 5) is 12.2. The third-order valence-corrected chi connectivity index (χ3v) is 5.89. The van der Waals surface area contributed by atoms with Gasteiger partial charge in [0.2, 0.25) is 0 Å². The Morgan fingerprint density at radius 3 is 2.16 bits per heavy atom. The van der Waals surface area contributed by atoms with Crippen LogP contribution in [0.15, 0.2) is 12.1 Å². The number of sulfone groups is 1. The largest absolute Gasteiger partial charge is 0.293 e. The number of hydrogen-bond donors (Lipinski definition) is 0. The van der Waals surface area contributed by atoms with E-state index in [1.165, 1.54) is 0 Å². The van der Waals surface area contributed by atoms with E-state index < -0.39 is 20.8 Å². The quantitative estimate of drug-likeness (QED) is 0.780. The average molecular weight is 282 g/mol. The zero-order valence-electron chi connectivity index (χ0n) is 12.3. The van der Waals surface area contributed by atoms with E-state index in [0.717, 1.165) is 16.7 Å². The molecule has 106 valence electrons. The van der Waals surface area contributed by atoms with E-state index in [0.29, 0.717) is 12.0 Å². The topological polar surface area (TPSA) is 51.2 Å². The molecule has 0 aliphatic heterocycles. The maximum Gasteiger partial charge on any atom is 0.178 e. The van der Waals surface area contributed by atoms with Crippen molar-refractivity contribution in [3.8, 4) is 0 Å². The van der Waals surface area contributed by atoms with Crippen molar-refractivity contribution in [1.82, 2.24) is 0 Å². The van der Waals surface area contributed by atoms with E-state index in [9.17, 15) is 13.2 Å². The van der Waals surface area contributed by atoms with E-state index >= 15 is 0 Å². The predicted octanol–water partition coefficient (Wildman–Crippen LogP) is 3.01. The number of carbonyl (C=O) groups is 1. The SMILES string of the molecule is CCC(C)S(=O)(=O)CC(=O)c1cc(C)c(C)cc1C. The number of carbonyl (C=O) groups excluding carboxylic acids is 1. The summed E-state index contributed by atoms with van der Waals surface area (Å²) >= 11 is 0. The molecule has 0 bridgehead atoms. The zero-order valence-corrected chi connectivity index (χ0v) is 13.1. The molecule has 1 unspecified atom stereocenters. The van der Waals surface area contributed by atoms with E-state index in [4.69, 9.17) is 0 Å². The molecule has 19 heavy (non-hydrogen) atoms. The summed E-state index contributed by atoms with van der Waals surface area (Å²) < 4.78 is 24.0. The molecule has 0 aliphatic carbocycles. The first kappa shape index (κ1) is 15.9. The minimum atomic E-state index is -3.35. The smallest absolute Gasteiger partial charge is 0.178 e. The molecule has 3 nitrogen and oxygen atoms in total. The van der Waals surface area contributed by atoms with Gasteiger partial charge in [-0.2, -0.15) is 0 Å². The van der Waals surface area contributed by atoms with Crippen LogP contribution in [0, 0.1) is 20.8 Å². The van der Waals surface area contributed by atoms with Gasteiger partial charge in [0.1, 0.15) is 5.75 Å². The normalized spacial score (nSPS) is 13.3. The van der Waals surface area contributed by atoms with E-state index in [1.54, 1.807) is 13.0 Å². The Balaban J connectivity index is 3.06. The molecule has 0 saturated carbocycles. The van der Waals surface area contributed by atoms with Crippen LogP contribution in [0.1, 0.15) is 47.3 Å². The average Bonchev–Trinajstić information content (AvgIpc) is 2.31. The summed E-state index contributed by atoms with van der Waals surface area (Å²) in [6.45, 7) is 9.21. The first-order valence-electron chi connectivity index (χ1n) is 6.51. The zero-order chi connectivity index (χ0) is 14.8. The van der Waals surface area contributed by atoms with Gasteiger partial charge in [0.25, 0.3) is 0 Å². The molecule has 0 radical (unpaired) electrons. The van der Waals surface area contributed by atoms with Crippen LogP contribution in [0.2, 0.25) is 0 Å². The second kappa shape index (κ2) is 5.87.